The first-order chi connectivity index (χ1) is 8.93. The summed E-state index contributed by atoms with van der Waals surface area (Å²) in [6.07, 6.45) is 0.958. The number of benzene rings is 1. The molecule has 114 valence electrons. The summed E-state index contributed by atoms with van der Waals surface area (Å²) in [6, 6.07) is 4.79. The van der Waals surface area contributed by atoms with E-state index in [9.17, 15) is 25.3 Å². The highest BCUT2D eigenvalue weighted by Gasteiger charge is 2.23. The highest BCUT2D eigenvalue weighted by molar-refractivity contribution is 7.92. The fourth-order valence-electron chi connectivity index (χ4n) is 1.35. The fourth-order valence-corrected chi connectivity index (χ4v) is 4.36. The minimum atomic E-state index is -4.21. The number of nitrogens with one attached hydrogen (secondary N) is 1. The maximum atomic E-state index is 12.0. The van der Waals surface area contributed by atoms with Gasteiger partial charge in [-0.15, -0.1) is 0 Å². The maximum Gasteiger partial charge on any atom is 0.241 e. The number of nitrogens with two attached hydrogens (primary N) is 1. The van der Waals surface area contributed by atoms with Gasteiger partial charge in [-0.25, -0.2) is 35.1 Å². The van der Waals surface area contributed by atoms with Crippen molar-refractivity contribution in [2.75, 3.05) is 18.6 Å². The molecule has 0 aliphatic carbocycles. The molecule has 0 heterocycles. The Kier molecular flexibility index (Phi) is 4.92. The van der Waals surface area contributed by atoms with E-state index in [0.29, 0.717) is 0 Å². The molecule has 0 saturated heterocycles. The van der Waals surface area contributed by atoms with Crippen LogP contribution >= 0.6 is 0 Å². The molecule has 0 saturated carbocycles. The molecule has 1 aromatic carbocycles. The zero-order valence-electron chi connectivity index (χ0n) is 10.5. The predicted molar refractivity (Wildman–Crippen MR) is 72.7 cm³/mol. The van der Waals surface area contributed by atoms with Crippen LogP contribution < -0.4 is 9.86 Å². The zero-order chi connectivity index (χ0) is 15.6. The van der Waals surface area contributed by atoms with E-state index in [-0.39, 0.29) is 6.54 Å². The Hall–Kier alpha value is -1.01. The molecule has 0 atom stereocenters. The maximum absolute atomic E-state index is 12.0. The number of primary sulfonamides is 1. The average molecular weight is 342 g/mol. The molecule has 0 aromatic heterocycles. The Bertz CT molecular complexity index is 796. The zero-order valence-corrected chi connectivity index (χ0v) is 12.9. The van der Waals surface area contributed by atoms with E-state index in [1.807, 2.05) is 4.72 Å². The lowest BCUT2D eigenvalue weighted by atomic mass is 10.4. The van der Waals surface area contributed by atoms with Crippen molar-refractivity contribution in [1.29, 1.82) is 0 Å². The highest BCUT2D eigenvalue weighted by Crippen LogP contribution is 2.18. The van der Waals surface area contributed by atoms with Gasteiger partial charge in [-0.3, -0.25) is 0 Å². The van der Waals surface area contributed by atoms with Gasteiger partial charge in [-0.05, 0) is 12.1 Å². The Morgan fingerprint density at radius 2 is 1.50 bits per heavy atom. The minimum Gasteiger partial charge on any atom is -0.229 e. The van der Waals surface area contributed by atoms with Gasteiger partial charge in [-0.1, -0.05) is 12.1 Å². The molecular formula is C9H14N2O6S3. The molecule has 1 rings (SSSR count). The van der Waals surface area contributed by atoms with E-state index in [1.165, 1.54) is 12.1 Å². The second-order valence-corrected chi connectivity index (χ2v) is 9.54. The molecule has 8 nitrogen and oxygen atoms in total. The van der Waals surface area contributed by atoms with Gasteiger partial charge in [0.2, 0.25) is 20.0 Å². The largest absolute Gasteiger partial charge is 0.241 e. The van der Waals surface area contributed by atoms with Crippen LogP contribution in [0.3, 0.4) is 0 Å². The number of hydrogen-bond donors (Lipinski definition) is 2. The van der Waals surface area contributed by atoms with Crippen molar-refractivity contribution >= 4 is 29.9 Å². The smallest absolute Gasteiger partial charge is 0.229 e. The topological polar surface area (TPSA) is 140 Å². The number of rotatable bonds is 6. The van der Waals surface area contributed by atoms with Gasteiger partial charge < -0.3 is 0 Å². The van der Waals surface area contributed by atoms with E-state index < -0.39 is 45.4 Å². The molecule has 0 unspecified atom stereocenters. The monoisotopic (exact) mass is 342 g/mol. The quantitative estimate of drug-likeness (QED) is 0.655. The number of hydrogen-bond acceptors (Lipinski definition) is 6. The van der Waals surface area contributed by atoms with Crippen molar-refractivity contribution < 1.29 is 25.3 Å². The summed E-state index contributed by atoms with van der Waals surface area (Å²) in [5.41, 5.74) is 0. The van der Waals surface area contributed by atoms with Crippen LogP contribution in [0.25, 0.3) is 0 Å². The third kappa shape index (κ3) is 4.83. The van der Waals surface area contributed by atoms with Crippen LogP contribution in [0.4, 0.5) is 0 Å². The van der Waals surface area contributed by atoms with Crippen molar-refractivity contribution in [2.45, 2.75) is 9.79 Å². The Labute approximate surface area is 118 Å². The normalized spacial score (nSPS) is 13.3. The van der Waals surface area contributed by atoms with Gasteiger partial charge in [0.1, 0.15) is 19.6 Å². The third-order valence-electron chi connectivity index (χ3n) is 2.21. The van der Waals surface area contributed by atoms with Crippen LogP contribution in [-0.4, -0.2) is 43.8 Å². The third-order valence-corrected chi connectivity index (χ3v) is 5.77. The standard InChI is InChI=1S/C9H14N2O6S3/c1-18(12,13)7-6-11-20(16,17)9-5-3-2-4-8(9)19(10,14)15/h2-5,11H,6-7H2,1H3,(H2,10,14,15). The Morgan fingerprint density at radius 1 is 1.00 bits per heavy atom. The molecule has 0 radical (unpaired) electrons. The molecule has 0 fully saturated rings. The number of sulfone groups is 1. The minimum absolute atomic E-state index is 0.361. The van der Waals surface area contributed by atoms with Gasteiger partial charge in [0.05, 0.1) is 5.75 Å². The van der Waals surface area contributed by atoms with Crippen molar-refractivity contribution in [1.82, 2.24) is 4.72 Å². The molecule has 0 amide bonds. The number of sulfonamides is 2. The second-order valence-electron chi connectivity index (χ2n) is 4.02. The summed E-state index contributed by atoms with van der Waals surface area (Å²) < 4.78 is 70.4. The van der Waals surface area contributed by atoms with Gasteiger partial charge in [0, 0.05) is 12.8 Å². The Balaban J connectivity index is 3.12. The molecule has 0 bridgehead atoms. The summed E-state index contributed by atoms with van der Waals surface area (Å²) in [5, 5.41) is 4.94. The van der Waals surface area contributed by atoms with Gasteiger partial charge in [0.25, 0.3) is 0 Å². The van der Waals surface area contributed by atoms with E-state index in [0.717, 1.165) is 18.4 Å². The summed E-state index contributed by atoms with van der Waals surface area (Å²) in [6.45, 7) is -0.361. The van der Waals surface area contributed by atoms with E-state index in [2.05, 4.69) is 0 Å². The van der Waals surface area contributed by atoms with Gasteiger partial charge >= 0.3 is 0 Å². The van der Waals surface area contributed by atoms with Crippen molar-refractivity contribution in [3.63, 3.8) is 0 Å². The van der Waals surface area contributed by atoms with Crippen LogP contribution in [0.1, 0.15) is 0 Å². The van der Waals surface area contributed by atoms with Crippen LogP contribution in [0, 0.1) is 0 Å². The molecule has 0 spiro atoms. The lowest BCUT2D eigenvalue weighted by molar-refractivity contribution is 0.573. The molecule has 0 aliphatic rings. The van der Waals surface area contributed by atoms with Crippen molar-refractivity contribution in [2.24, 2.45) is 5.14 Å². The van der Waals surface area contributed by atoms with Crippen molar-refractivity contribution in [3.8, 4) is 0 Å². The summed E-state index contributed by atoms with van der Waals surface area (Å²) in [4.78, 5) is -1.07. The lowest BCUT2D eigenvalue weighted by Crippen LogP contribution is -2.30. The van der Waals surface area contributed by atoms with Crippen LogP contribution in [0.2, 0.25) is 0 Å². The molecule has 3 N–H and O–H groups in total. The Morgan fingerprint density at radius 3 is 1.95 bits per heavy atom. The van der Waals surface area contributed by atoms with Gasteiger partial charge in [-0.2, -0.15) is 0 Å². The average Bonchev–Trinajstić information content (AvgIpc) is 2.25. The SMILES string of the molecule is CS(=O)(=O)CCNS(=O)(=O)c1ccccc1S(N)(=O)=O. The first kappa shape index (κ1) is 17.0. The first-order valence-corrected chi connectivity index (χ1v) is 10.3. The molecule has 1 aromatic rings. The molecule has 0 aliphatic heterocycles. The van der Waals surface area contributed by atoms with Crippen molar-refractivity contribution in [3.05, 3.63) is 24.3 Å². The second kappa shape index (κ2) is 5.77. The van der Waals surface area contributed by atoms with Crippen LogP contribution in [-0.2, 0) is 29.9 Å². The summed E-state index contributed by atoms with van der Waals surface area (Å²) in [7, 11) is -11.7. The van der Waals surface area contributed by atoms with E-state index in [1.54, 1.807) is 0 Å². The lowest BCUT2D eigenvalue weighted by Gasteiger charge is -2.09. The van der Waals surface area contributed by atoms with E-state index >= 15 is 0 Å². The molecule has 11 heteroatoms. The fraction of sp³-hybridized carbons (Fsp3) is 0.333. The summed E-state index contributed by atoms with van der Waals surface area (Å²) >= 11 is 0. The summed E-state index contributed by atoms with van der Waals surface area (Å²) in [5.74, 6) is -0.399. The van der Waals surface area contributed by atoms with Gasteiger partial charge in [0.15, 0.2) is 0 Å². The van der Waals surface area contributed by atoms with Crippen LogP contribution in [0.5, 0.6) is 0 Å². The molecular weight excluding hydrogens is 328 g/mol. The van der Waals surface area contributed by atoms with Crippen LogP contribution in [0.15, 0.2) is 34.1 Å². The molecule has 20 heavy (non-hydrogen) atoms. The highest BCUT2D eigenvalue weighted by atomic mass is 32.2. The van der Waals surface area contributed by atoms with E-state index in [4.69, 9.17) is 5.14 Å². The first-order valence-electron chi connectivity index (χ1n) is 5.23. The predicted octanol–water partition coefficient (Wildman–Crippen LogP) is -1.34.